The van der Waals surface area contributed by atoms with Gasteiger partial charge in [0, 0.05) is 24.4 Å². The van der Waals surface area contributed by atoms with Gasteiger partial charge in [-0.2, -0.15) is 5.10 Å². The Morgan fingerprint density at radius 3 is 2.69 bits per heavy atom. The Bertz CT molecular complexity index is 420. The van der Waals surface area contributed by atoms with Crippen LogP contribution in [0.1, 0.15) is 0 Å². The maximum atomic E-state index is 13.2. The zero-order chi connectivity index (χ0) is 9.26. The van der Waals surface area contributed by atoms with Crippen molar-refractivity contribution < 1.29 is 4.39 Å². The minimum Gasteiger partial charge on any atom is -0.275 e. The summed E-state index contributed by atoms with van der Waals surface area (Å²) in [6.07, 6.45) is 3.44. The molecule has 0 N–H and O–H groups in total. The molecule has 2 rings (SSSR count). The second-order valence-corrected chi connectivity index (χ2v) is 2.88. The standard InChI is InChI=1S/C10H9FN2/c1-13-7-8(6-12-13)9-4-2-3-5-10(9)11/h2-7H,1H3. The second-order valence-electron chi connectivity index (χ2n) is 2.88. The third-order valence-electron chi connectivity index (χ3n) is 1.89. The molecule has 1 heterocycles. The van der Waals surface area contributed by atoms with Crippen LogP contribution in [0.5, 0.6) is 0 Å². The minimum absolute atomic E-state index is 0.212. The van der Waals surface area contributed by atoms with Gasteiger partial charge in [-0.25, -0.2) is 4.39 Å². The highest BCUT2D eigenvalue weighted by molar-refractivity contribution is 5.62. The predicted molar refractivity (Wildman–Crippen MR) is 48.6 cm³/mol. The lowest BCUT2D eigenvalue weighted by atomic mass is 10.1. The van der Waals surface area contributed by atoms with Gasteiger partial charge < -0.3 is 0 Å². The van der Waals surface area contributed by atoms with Crippen LogP contribution in [0.4, 0.5) is 4.39 Å². The summed E-state index contributed by atoms with van der Waals surface area (Å²) >= 11 is 0. The molecular formula is C10H9FN2. The van der Waals surface area contributed by atoms with Gasteiger partial charge in [-0.1, -0.05) is 18.2 Å². The molecule has 66 valence electrons. The average molecular weight is 176 g/mol. The van der Waals surface area contributed by atoms with Gasteiger partial charge in [0.15, 0.2) is 0 Å². The van der Waals surface area contributed by atoms with Crippen molar-refractivity contribution in [2.45, 2.75) is 0 Å². The third kappa shape index (κ3) is 1.45. The number of halogens is 1. The molecule has 0 unspecified atom stereocenters. The molecule has 0 aliphatic heterocycles. The molecule has 2 aromatic rings. The molecule has 3 heteroatoms. The normalized spacial score (nSPS) is 10.3. The number of rotatable bonds is 1. The molecule has 0 fully saturated rings. The van der Waals surface area contributed by atoms with E-state index in [1.807, 2.05) is 13.1 Å². The van der Waals surface area contributed by atoms with Crippen molar-refractivity contribution in [1.29, 1.82) is 0 Å². The van der Waals surface area contributed by atoms with Gasteiger partial charge in [0.25, 0.3) is 0 Å². The number of aromatic nitrogens is 2. The van der Waals surface area contributed by atoms with Gasteiger partial charge in [-0.05, 0) is 6.07 Å². The molecule has 1 aromatic heterocycles. The predicted octanol–water partition coefficient (Wildman–Crippen LogP) is 2.23. The summed E-state index contributed by atoms with van der Waals surface area (Å²) in [6, 6.07) is 6.68. The van der Waals surface area contributed by atoms with Crippen molar-refractivity contribution in [2.24, 2.45) is 7.05 Å². The molecule has 0 atom stereocenters. The van der Waals surface area contributed by atoms with E-state index in [0.29, 0.717) is 5.56 Å². The second kappa shape index (κ2) is 3.01. The fourth-order valence-electron chi connectivity index (χ4n) is 1.26. The van der Waals surface area contributed by atoms with Crippen LogP contribution in [-0.4, -0.2) is 9.78 Å². The van der Waals surface area contributed by atoms with Crippen molar-refractivity contribution in [3.8, 4) is 11.1 Å². The number of hydrogen-bond donors (Lipinski definition) is 0. The topological polar surface area (TPSA) is 17.8 Å². The van der Waals surface area contributed by atoms with Crippen LogP contribution in [0.2, 0.25) is 0 Å². The molecule has 13 heavy (non-hydrogen) atoms. The zero-order valence-electron chi connectivity index (χ0n) is 7.24. The number of hydrogen-bond acceptors (Lipinski definition) is 1. The highest BCUT2D eigenvalue weighted by atomic mass is 19.1. The fraction of sp³-hybridized carbons (Fsp3) is 0.100. The van der Waals surface area contributed by atoms with E-state index in [-0.39, 0.29) is 5.82 Å². The van der Waals surface area contributed by atoms with Crippen molar-refractivity contribution in [2.75, 3.05) is 0 Å². The third-order valence-corrected chi connectivity index (χ3v) is 1.89. The number of nitrogens with zero attached hydrogens (tertiary/aromatic N) is 2. The first-order chi connectivity index (χ1) is 6.27. The van der Waals surface area contributed by atoms with Gasteiger partial charge in [0.1, 0.15) is 5.82 Å². The summed E-state index contributed by atoms with van der Waals surface area (Å²) in [4.78, 5) is 0. The lowest BCUT2D eigenvalue weighted by Gasteiger charge is -1.97. The van der Waals surface area contributed by atoms with Gasteiger partial charge in [-0.15, -0.1) is 0 Å². The Morgan fingerprint density at radius 2 is 2.08 bits per heavy atom. The number of aryl methyl sites for hydroxylation is 1. The molecule has 1 aromatic carbocycles. The van der Waals surface area contributed by atoms with Crippen LogP contribution in [0.3, 0.4) is 0 Å². The monoisotopic (exact) mass is 176 g/mol. The van der Waals surface area contributed by atoms with E-state index in [1.165, 1.54) is 6.07 Å². The zero-order valence-corrected chi connectivity index (χ0v) is 7.24. The molecule has 0 aliphatic carbocycles. The molecule has 0 saturated heterocycles. The van der Waals surface area contributed by atoms with E-state index >= 15 is 0 Å². The Labute approximate surface area is 75.6 Å². The summed E-state index contributed by atoms with van der Waals surface area (Å²) in [7, 11) is 1.81. The van der Waals surface area contributed by atoms with E-state index in [1.54, 1.807) is 29.2 Å². The van der Waals surface area contributed by atoms with Crippen LogP contribution in [-0.2, 0) is 7.05 Å². The maximum Gasteiger partial charge on any atom is 0.131 e. The SMILES string of the molecule is Cn1cc(-c2ccccc2F)cn1. The first-order valence-corrected chi connectivity index (χ1v) is 4.01. The summed E-state index contributed by atoms with van der Waals surface area (Å²) in [5.74, 6) is -0.212. The van der Waals surface area contributed by atoms with Crippen molar-refractivity contribution in [3.05, 3.63) is 42.5 Å². The Morgan fingerprint density at radius 1 is 1.31 bits per heavy atom. The minimum atomic E-state index is -0.212. The van der Waals surface area contributed by atoms with Crippen LogP contribution in [0, 0.1) is 5.82 Å². The molecule has 0 amide bonds. The highest BCUT2D eigenvalue weighted by Crippen LogP contribution is 2.20. The molecule has 0 saturated carbocycles. The van der Waals surface area contributed by atoms with Crippen molar-refractivity contribution in [3.63, 3.8) is 0 Å². The average Bonchev–Trinajstić information content (AvgIpc) is 2.53. The van der Waals surface area contributed by atoms with Gasteiger partial charge >= 0.3 is 0 Å². The lowest BCUT2D eigenvalue weighted by molar-refractivity contribution is 0.631. The largest absolute Gasteiger partial charge is 0.275 e. The van der Waals surface area contributed by atoms with Crippen LogP contribution in [0.25, 0.3) is 11.1 Å². The fourth-order valence-corrected chi connectivity index (χ4v) is 1.26. The van der Waals surface area contributed by atoms with Gasteiger partial charge in [0.05, 0.1) is 6.20 Å². The first-order valence-electron chi connectivity index (χ1n) is 4.01. The van der Waals surface area contributed by atoms with E-state index in [0.717, 1.165) is 5.56 Å². The van der Waals surface area contributed by atoms with E-state index in [2.05, 4.69) is 5.10 Å². The lowest BCUT2D eigenvalue weighted by Crippen LogP contribution is -1.84. The molecule has 0 aliphatic rings. The Hall–Kier alpha value is -1.64. The Kier molecular flexibility index (Phi) is 1.85. The van der Waals surface area contributed by atoms with Crippen LogP contribution < -0.4 is 0 Å². The van der Waals surface area contributed by atoms with Gasteiger partial charge in [0.2, 0.25) is 0 Å². The summed E-state index contributed by atoms with van der Waals surface area (Å²) in [6.45, 7) is 0. The smallest absolute Gasteiger partial charge is 0.131 e. The van der Waals surface area contributed by atoms with E-state index < -0.39 is 0 Å². The van der Waals surface area contributed by atoms with Crippen LogP contribution in [0.15, 0.2) is 36.7 Å². The van der Waals surface area contributed by atoms with Crippen molar-refractivity contribution in [1.82, 2.24) is 9.78 Å². The quantitative estimate of drug-likeness (QED) is 0.651. The van der Waals surface area contributed by atoms with Gasteiger partial charge in [-0.3, -0.25) is 4.68 Å². The molecule has 0 radical (unpaired) electrons. The maximum absolute atomic E-state index is 13.2. The van der Waals surface area contributed by atoms with Crippen LogP contribution >= 0.6 is 0 Å². The molecular weight excluding hydrogens is 167 g/mol. The number of benzene rings is 1. The van der Waals surface area contributed by atoms with Crippen molar-refractivity contribution >= 4 is 0 Å². The van der Waals surface area contributed by atoms with E-state index in [9.17, 15) is 4.39 Å². The molecule has 2 nitrogen and oxygen atoms in total. The summed E-state index contributed by atoms with van der Waals surface area (Å²) in [5.41, 5.74) is 1.40. The summed E-state index contributed by atoms with van der Waals surface area (Å²) < 4.78 is 14.9. The first kappa shape index (κ1) is 7.98. The van der Waals surface area contributed by atoms with E-state index in [4.69, 9.17) is 0 Å². The summed E-state index contributed by atoms with van der Waals surface area (Å²) in [5, 5.41) is 3.98. The Balaban J connectivity index is 2.52. The molecule has 0 bridgehead atoms. The highest BCUT2D eigenvalue weighted by Gasteiger charge is 2.04. The molecule has 0 spiro atoms.